The second-order valence-electron chi connectivity index (χ2n) is 7.05. The molecule has 2 aromatic rings. The van der Waals surface area contributed by atoms with Crippen molar-refractivity contribution in [2.75, 3.05) is 19.6 Å². The number of likely N-dealkylation sites (tertiary alicyclic amines) is 1. The first-order valence-corrected chi connectivity index (χ1v) is 8.97. The number of pyridine rings is 1. The summed E-state index contributed by atoms with van der Waals surface area (Å²) in [4.78, 5) is 30.9. The monoisotopic (exact) mass is 339 g/mol. The molecule has 1 fully saturated rings. The van der Waals surface area contributed by atoms with Crippen LogP contribution in [0.5, 0.6) is 0 Å². The molecule has 0 spiro atoms. The molecule has 0 bridgehead atoms. The lowest BCUT2D eigenvalue weighted by atomic mass is 9.97. The van der Waals surface area contributed by atoms with Crippen LogP contribution in [0.2, 0.25) is 0 Å². The van der Waals surface area contributed by atoms with E-state index in [0.717, 1.165) is 30.3 Å². The number of piperidine rings is 1. The zero-order valence-electron chi connectivity index (χ0n) is 14.9. The second-order valence-corrected chi connectivity index (χ2v) is 7.05. The molecular weight excluding hydrogens is 314 g/mol. The van der Waals surface area contributed by atoms with E-state index in [9.17, 15) is 9.59 Å². The van der Waals surface area contributed by atoms with E-state index >= 15 is 0 Å². The van der Waals surface area contributed by atoms with Crippen molar-refractivity contribution in [3.8, 4) is 0 Å². The Morgan fingerprint density at radius 3 is 2.84 bits per heavy atom. The molecule has 1 aliphatic rings. The third-order valence-electron chi connectivity index (χ3n) is 4.71. The minimum Gasteiger partial charge on any atom is -0.356 e. The van der Waals surface area contributed by atoms with Crippen molar-refractivity contribution in [2.45, 2.75) is 26.7 Å². The fourth-order valence-electron chi connectivity index (χ4n) is 3.21. The third-order valence-corrected chi connectivity index (χ3v) is 4.71. The summed E-state index contributed by atoms with van der Waals surface area (Å²) in [5, 5.41) is 4.02. The molecule has 2 heterocycles. The Hall–Kier alpha value is -2.43. The molecule has 1 aliphatic heterocycles. The summed E-state index contributed by atoms with van der Waals surface area (Å²) in [6, 6.07) is 11.6. The predicted octanol–water partition coefficient (Wildman–Crippen LogP) is 2.86. The highest BCUT2D eigenvalue weighted by molar-refractivity contribution is 5.95. The average Bonchev–Trinajstić information content (AvgIpc) is 2.65. The maximum absolute atomic E-state index is 12.8. The predicted molar refractivity (Wildman–Crippen MR) is 98.2 cm³/mol. The largest absolute Gasteiger partial charge is 0.356 e. The molecule has 0 saturated carbocycles. The first-order valence-electron chi connectivity index (χ1n) is 8.97. The summed E-state index contributed by atoms with van der Waals surface area (Å²) in [5.74, 6) is 0.342. The van der Waals surface area contributed by atoms with E-state index in [1.807, 2.05) is 49.1 Å². The topological polar surface area (TPSA) is 62.3 Å². The normalized spacial score (nSPS) is 17.7. The van der Waals surface area contributed by atoms with Gasteiger partial charge in [0.25, 0.3) is 5.91 Å². The molecule has 0 radical (unpaired) electrons. The lowest BCUT2D eigenvalue weighted by Gasteiger charge is -2.32. The van der Waals surface area contributed by atoms with Gasteiger partial charge in [0.1, 0.15) is 5.69 Å². The summed E-state index contributed by atoms with van der Waals surface area (Å²) >= 11 is 0. The van der Waals surface area contributed by atoms with Gasteiger partial charge in [0.2, 0.25) is 5.91 Å². The number of rotatable bonds is 4. The number of carbonyl (C=O) groups is 2. The molecule has 1 aromatic carbocycles. The number of benzene rings is 1. The molecule has 2 amide bonds. The number of para-hydroxylation sites is 1. The van der Waals surface area contributed by atoms with Crippen LogP contribution >= 0.6 is 0 Å². The lowest BCUT2D eigenvalue weighted by molar-refractivity contribution is -0.124. The van der Waals surface area contributed by atoms with Gasteiger partial charge in [-0.2, -0.15) is 0 Å². The molecule has 5 heteroatoms. The summed E-state index contributed by atoms with van der Waals surface area (Å²) in [7, 11) is 0. The van der Waals surface area contributed by atoms with Crippen LogP contribution in [0.15, 0.2) is 36.4 Å². The molecule has 1 N–H and O–H groups in total. The van der Waals surface area contributed by atoms with Gasteiger partial charge in [-0.1, -0.05) is 38.1 Å². The van der Waals surface area contributed by atoms with E-state index in [4.69, 9.17) is 0 Å². The fourth-order valence-corrected chi connectivity index (χ4v) is 3.21. The standard InChI is InChI=1S/C20H25N3O2/c1-14(2)19(24)21-12-15-6-5-11-23(13-15)20(25)18-10-9-16-7-3-4-8-17(16)22-18/h3-4,7-10,14-15H,5-6,11-13H2,1-2H3,(H,21,24). The van der Waals surface area contributed by atoms with Gasteiger partial charge in [0.05, 0.1) is 5.52 Å². The molecule has 0 aliphatic carbocycles. The second kappa shape index (κ2) is 7.64. The van der Waals surface area contributed by atoms with Gasteiger partial charge in [-0.05, 0) is 30.9 Å². The minimum atomic E-state index is -0.0226. The van der Waals surface area contributed by atoms with Crippen LogP contribution in [-0.4, -0.2) is 41.3 Å². The van der Waals surface area contributed by atoms with Gasteiger partial charge >= 0.3 is 0 Å². The first kappa shape index (κ1) is 17.4. The van der Waals surface area contributed by atoms with E-state index in [0.29, 0.717) is 24.7 Å². The molecule has 1 aromatic heterocycles. The van der Waals surface area contributed by atoms with Gasteiger partial charge in [0.15, 0.2) is 0 Å². The Kier molecular flexibility index (Phi) is 5.31. The Bertz CT molecular complexity index is 772. The number of fused-ring (bicyclic) bond motifs is 1. The highest BCUT2D eigenvalue weighted by Crippen LogP contribution is 2.19. The number of nitrogens with zero attached hydrogens (tertiary/aromatic N) is 2. The Morgan fingerprint density at radius 2 is 2.04 bits per heavy atom. The van der Waals surface area contributed by atoms with Crippen LogP contribution in [0, 0.1) is 11.8 Å². The number of amides is 2. The van der Waals surface area contributed by atoms with Crippen LogP contribution in [0.4, 0.5) is 0 Å². The zero-order valence-corrected chi connectivity index (χ0v) is 14.9. The molecule has 25 heavy (non-hydrogen) atoms. The number of hydrogen-bond donors (Lipinski definition) is 1. The molecular formula is C20H25N3O2. The maximum atomic E-state index is 12.8. The first-order chi connectivity index (χ1) is 12.0. The van der Waals surface area contributed by atoms with Crippen LogP contribution in [0.1, 0.15) is 37.2 Å². The summed E-state index contributed by atoms with van der Waals surface area (Å²) < 4.78 is 0. The number of nitrogens with one attached hydrogen (secondary N) is 1. The van der Waals surface area contributed by atoms with Gasteiger partial charge in [-0.15, -0.1) is 0 Å². The van der Waals surface area contributed by atoms with Crippen molar-refractivity contribution in [3.63, 3.8) is 0 Å². The minimum absolute atomic E-state index is 0.0110. The Morgan fingerprint density at radius 1 is 1.24 bits per heavy atom. The van der Waals surface area contributed by atoms with E-state index < -0.39 is 0 Å². The highest BCUT2D eigenvalue weighted by atomic mass is 16.2. The highest BCUT2D eigenvalue weighted by Gasteiger charge is 2.25. The molecule has 132 valence electrons. The number of hydrogen-bond acceptors (Lipinski definition) is 3. The molecule has 1 saturated heterocycles. The van der Waals surface area contributed by atoms with E-state index in [1.54, 1.807) is 6.07 Å². The van der Waals surface area contributed by atoms with Gasteiger partial charge in [0, 0.05) is 30.9 Å². The van der Waals surface area contributed by atoms with E-state index in [1.165, 1.54) is 0 Å². The van der Waals surface area contributed by atoms with Crippen LogP contribution < -0.4 is 5.32 Å². The number of carbonyl (C=O) groups excluding carboxylic acids is 2. The SMILES string of the molecule is CC(C)C(=O)NCC1CCCN(C(=O)c2ccc3ccccc3n2)C1. The van der Waals surface area contributed by atoms with Crippen LogP contribution in [0.3, 0.4) is 0 Å². The lowest BCUT2D eigenvalue weighted by Crippen LogP contribution is -2.44. The van der Waals surface area contributed by atoms with Crippen molar-refractivity contribution in [1.82, 2.24) is 15.2 Å². The van der Waals surface area contributed by atoms with Crippen molar-refractivity contribution in [3.05, 3.63) is 42.1 Å². The Balaban J connectivity index is 1.65. The van der Waals surface area contributed by atoms with Gasteiger partial charge < -0.3 is 10.2 Å². The summed E-state index contributed by atoms with van der Waals surface area (Å²) in [5.41, 5.74) is 1.33. The molecule has 1 atom stereocenters. The average molecular weight is 339 g/mol. The summed E-state index contributed by atoms with van der Waals surface area (Å²) in [6.07, 6.45) is 1.99. The maximum Gasteiger partial charge on any atom is 0.272 e. The zero-order chi connectivity index (χ0) is 17.8. The van der Waals surface area contributed by atoms with E-state index in [-0.39, 0.29) is 17.7 Å². The van der Waals surface area contributed by atoms with Crippen molar-refractivity contribution in [1.29, 1.82) is 0 Å². The van der Waals surface area contributed by atoms with Crippen molar-refractivity contribution < 1.29 is 9.59 Å². The third kappa shape index (κ3) is 4.16. The quantitative estimate of drug-likeness (QED) is 0.932. The van der Waals surface area contributed by atoms with Gasteiger partial charge in [-0.3, -0.25) is 9.59 Å². The Labute approximate surface area is 148 Å². The summed E-state index contributed by atoms with van der Waals surface area (Å²) in [6.45, 7) is 5.83. The van der Waals surface area contributed by atoms with Crippen LogP contribution in [0.25, 0.3) is 10.9 Å². The fraction of sp³-hybridized carbons (Fsp3) is 0.450. The van der Waals surface area contributed by atoms with Gasteiger partial charge in [-0.25, -0.2) is 4.98 Å². The van der Waals surface area contributed by atoms with E-state index in [2.05, 4.69) is 10.3 Å². The molecule has 1 unspecified atom stereocenters. The smallest absolute Gasteiger partial charge is 0.272 e. The number of aromatic nitrogens is 1. The molecule has 3 rings (SSSR count). The van der Waals surface area contributed by atoms with Crippen LogP contribution in [-0.2, 0) is 4.79 Å². The molecule has 5 nitrogen and oxygen atoms in total. The van der Waals surface area contributed by atoms with Crippen molar-refractivity contribution >= 4 is 22.7 Å². The van der Waals surface area contributed by atoms with Crippen molar-refractivity contribution in [2.24, 2.45) is 11.8 Å².